The molecule has 0 atom stereocenters. The van der Waals surface area contributed by atoms with E-state index in [1.165, 1.54) is 34.6 Å². The zero-order valence-electron chi connectivity index (χ0n) is 16.0. The summed E-state index contributed by atoms with van der Waals surface area (Å²) in [5, 5.41) is 2.72. The van der Waals surface area contributed by atoms with Crippen LogP contribution in [0.2, 0.25) is 0 Å². The molecule has 6 nitrogen and oxygen atoms in total. The van der Waals surface area contributed by atoms with E-state index in [0.29, 0.717) is 10.4 Å². The third-order valence-electron chi connectivity index (χ3n) is 4.81. The first-order chi connectivity index (χ1) is 13.5. The number of thiophene rings is 1. The van der Waals surface area contributed by atoms with Gasteiger partial charge in [-0.1, -0.05) is 24.6 Å². The van der Waals surface area contributed by atoms with E-state index in [2.05, 4.69) is 16.2 Å². The molecule has 3 rings (SSSR count). The van der Waals surface area contributed by atoms with E-state index in [-0.39, 0.29) is 30.7 Å². The summed E-state index contributed by atoms with van der Waals surface area (Å²) in [7, 11) is 0. The number of rotatable bonds is 5. The van der Waals surface area contributed by atoms with Crippen LogP contribution in [-0.2, 0) is 17.6 Å². The first kappa shape index (κ1) is 20.1. The molecule has 0 radical (unpaired) electrons. The van der Waals surface area contributed by atoms with Gasteiger partial charge >= 0.3 is 0 Å². The highest BCUT2D eigenvalue weighted by Crippen LogP contribution is 2.28. The number of hydrogen-bond acceptors (Lipinski definition) is 4. The summed E-state index contributed by atoms with van der Waals surface area (Å²) in [6.45, 7) is 2.06. The molecule has 0 saturated carbocycles. The molecule has 7 heteroatoms. The molecular weight excluding hydrogens is 374 g/mol. The number of amides is 3. The fourth-order valence-electron chi connectivity index (χ4n) is 3.24. The van der Waals surface area contributed by atoms with Crippen molar-refractivity contribution in [3.05, 3.63) is 56.8 Å². The minimum Gasteiger partial charge on any atom is -0.352 e. The molecule has 28 heavy (non-hydrogen) atoms. The van der Waals surface area contributed by atoms with Crippen molar-refractivity contribution in [3.63, 3.8) is 0 Å². The van der Waals surface area contributed by atoms with Gasteiger partial charge in [0.1, 0.15) is 0 Å². The second-order valence-electron chi connectivity index (χ2n) is 6.94. The van der Waals surface area contributed by atoms with E-state index >= 15 is 0 Å². The van der Waals surface area contributed by atoms with Crippen LogP contribution in [0, 0.1) is 6.92 Å². The van der Waals surface area contributed by atoms with Crippen LogP contribution in [0.3, 0.4) is 0 Å². The lowest BCUT2D eigenvalue weighted by atomic mass is 10.1. The maximum Gasteiger partial charge on any atom is 0.279 e. The number of hydrazine groups is 1. The normalized spacial score (nSPS) is 13.2. The molecule has 1 aromatic heterocycles. The van der Waals surface area contributed by atoms with E-state index in [4.69, 9.17) is 0 Å². The van der Waals surface area contributed by atoms with Crippen LogP contribution in [0.1, 0.15) is 61.7 Å². The lowest BCUT2D eigenvalue weighted by Gasteiger charge is -2.08. The largest absolute Gasteiger partial charge is 0.352 e. The van der Waals surface area contributed by atoms with Crippen molar-refractivity contribution < 1.29 is 14.4 Å². The molecule has 0 saturated heterocycles. The molecule has 3 amide bonds. The number of hydrogen-bond donors (Lipinski definition) is 3. The Kier molecular flexibility index (Phi) is 6.81. The van der Waals surface area contributed by atoms with Crippen LogP contribution in [0.15, 0.2) is 30.3 Å². The van der Waals surface area contributed by atoms with Gasteiger partial charge in [0.15, 0.2) is 0 Å². The minimum atomic E-state index is -0.350. The van der Waals surface area contributed by atoms with E-state index in [0.717, 1.165) is 24.8 Å². The van der Waals surface area contributed by atoms with Gasteiger partial charge in [-0.3, -0.25) is 25.2 Å². The van der Waals surface area contributed by atoms with Gasteiger partial charge in [0, 0.05) is 23.4 Å². The third-order valence-corrected chi connectivity index (χ3v) is 6.05. The molecule has 0 bridgehead atoms. The Morgan fingerprint density at radius 1 is 1.00 bits per heavy atom. The van der Waals surface area contributed by atoms with Crippen LogP contribution in [0.25, 0.3) is 0 Å². The van der Waals surface area contributed by atoms with Crippen molar-refractivity contribution in [2.45, 2.75) is 45.4 Å². The average Bonchev–Trinajstić information content (AvgIpc) is 2.97. The summed E-state index contributed by atoms with van der Waals surface area (Å²) in [5.74, 6) is -0.859. The first-order valence-electron chi connectivity index (χ1n) is 9.59. The van der Waals surface area contributed by atoms with Crippen LogP contribution in [0.4, 0.5) is 0 Å². The highest BCUT2D eigenvalue weighted by Gasteiger charge is 2.17. The Morgan fingerprint density at radius 3 is 2.61 bits per heavy atom. The van der Waals surface area contributed by atoms with Gasteiger partial charge in [-0.25, -0.2) is 0 Å². The van der Waals surface area contributed by atoms with Crippen molar-refractivity contribution in [2.24, 2.45) is 0 Å². The summed E-state index contributed by atoms with van der Waals surface area (Å²) in [5.41, 5.74) is 7.61. The third kappa shape index (κ3) is 5.19. The number of fused-ring (bicyclic) bond motifs is 1. The Morgan fingerprint density at radius 2 is 1.79 bits per heavy atom. The SMILES string of the molecule is Cc1ccccc1C(=O)NCCC(=O)NNC(=O)c1cc2c(s1)CCCCC2. The predicted molar refractivity (Wildman–Crippen MR) is 109 cm³/mol. The summed E-state index contributed by atoms with van der Waals surface area (Å²) < 4.78 is 0. The predicted octanol–water partition coefficient (Wildman–Crippen LogP) is 2.91. The Labute approximate surface area is 168 Å². The smallest absolute Gasteiger partial charge is 0.279 e. The molecular formula is C21H25N3O3S. The van der Waals surface area contributed by atoms with E-state index in [1.807, 2.05) is 25.1 Å². The fourth-order valence-corrected chi connectivity index (χ4v) is 4.39. The van der Waals surface area contributed by atoms with Crippen molar-refractivity contribution in [2.75, 3.05) is 6.54 Å². The zero-order valence-corrected chi connectivity index (χ0v) is 16.8. The fraction of sp³-hybridized carbons (Fsp3) is 0.381. The van der Waals surface area contributed by atoms with E-state index < -0.39 is 0 Å². The highest BCUT2D eigenvalue weighted by atomic mass is 32.1. The van der Waals surface area contributed by atoms with Gasteiger partial charge in [0.2, 0.25) is 5.91 Å². The first-order valence-corrected chi connectivity index (χ1v) is 10.4. The maximum absolute atomic E-state index is 12.3. The lowest BCUT2D eigenvalue weighted by molar-refractivity contribution is -0.121. The zero-order chi connectivity index (χ0) is 19.9. The van der Waals surface area contributed by atoms with E-state index in [9.17, 15) is 14.4 Å². The van der Waals surface area contributed by atoms with Crippen LogP contribution in [0.5, 0.6) is 0 Å². The van der Waals surface area contributed by atoms with E-state index in [1.54, 1.807) is 12.1 Å². The average molecular weight is 400 g/mol. The molecule has 1 aliphatic rings. The monoisotopic (exact) mass is 399 g/mol. The van der Waals surface area contributed by atoms with Crippen molar-refractivity contribution in [3.8, 4) is 0 Å². The topological polar surface area (TPSA) is 87.3 Å². The molecule has 1 aromatic carbocycles. The van der Waals surface area contributed by atoms with Gasteiger partial charge in [-0.15, -0.1) is 11.3 Å². The summed E-state index contributed by atoms with van der Waals surface area (Å²) in [4.78, 5) is 38.2. The van der Waals surface area contributed by atoms with Crippen LogP contribution < -0.4 is 16.2 Å². The van der Waals surface area contributed by atoms with Gasteiger partial charge in [-0.05, 0) is 55.9 Å². The molecule has 2 aromatic rings. The molecule has 0 spiro atoms. The molecule has 148 valence electrons. The van der Waals surface area contributed by atoms with Gasteiger partial charge < -0.3 is 5.32 Å². The molecule has 1 aliphatic carbocycles. The molecule has 0 aliphatic heterocycles. The van der Waals surface area contributed by atoms with Gasteiger partial charge in [-0.2, -0.15) is 0 Å². The quantitative estimate of drug-likeness (QED) is 0.534. The summed E-state index contributed by atoms with van der Waals surface area (Å²) in [6.07, 6.45) is 5.69. The Balaban J connectivity index is 1.41. The molecule has 3 N–H and O–H groups in total. The van der Waals surface area contributed by atoms with Gasteiger partial charge in [0.25, 0.3) is 11.8 Å². The second-order valence-corrected chi connectivity index (χ2v) is 8.08. The molecule has 1 heterocycles. The number of carbonyl (C=O) groups is 3. The highest BCUT2D eigenvalue weighted by molar-refractivity contribution is 7.14. The summed E-state index contributed by atoms with van der Waals surface area (Å²) in [6, 6.07) is 9.21. The number of nitrogens with one attached hydrogen (secondary N) is 3. The van der Waals surface area contributed by atoms with Crippen LogP contribution >= 0.6 is 11.3 Å². The standard InChI is InChI=1S/C21H25N3O3S/c1-14-7-5-6-9-16(14)20(26)22-12-11-19(25)23-24-21(27)18-13-15-8-3-2-4-10-17(15)28-18/h5-7,9,13H,2-4,8,10-12H2,1H3,(H,22,26)(H,23,25)(H,24,27). The number of aryl methyl sites for hydroxylation is 3. The van der Waals surface area contributed by atoms with Crippen molar-refractivity contribution in [1.82, 2.24) is 16.2 Å². The maximum atomic E-state index is 12.3. The minimum absolute atomic E-state index is 0.0822. The second kappa shape index (κ2) is 9.50. The van der Waals surface area contributed by atoms with Crippen LogP contribution in [-0.4, -0.2) is 24.3 Å². The lowest BCUT2D eigenvalue weighted by Crippen LogP contribution is -2.42. The van der Waals surface area contributed by atoms with Gasteiger partial charge in [0.05, 0.1) is 4.88 Å². The molecule has 0 fully saturated rings. The Bertz CT molecular complexity index is 852. The molecule has 0 unspecified atom stereocenters. The number of benzene rings is 1. The van der Waals surface area contributed by atoms with Crippen molar-refractivity contribution >= 4 is 29.1 Å². The van der Waals surface area contributed by atoms with Crippen molar-refractivity contribution in [1.29, 1.82) is 0 Å². The summed E-state index contributed by atoms with van der Waals surface area (Å²) >= 11 is 1.51. The number of carbonyl (C=O) groups excluding carboxylic acids is 3. The Hall–Kier alpha value is -2.67.